The van der Waals surface area contributed by atoms with Crippen LogP contribution in [-0.2, 0) is 0 Å². The molecule has 0 amide bonds. The topological polar surface area (TPSA) is 3.01 Å². The fourth-order valence-corrected chi connectivity index (χ4v) is 4.00. The van der Waals surface area contributed by atoms with Crippen LogP contribution in [0, 0.1) is 0 Å². The van der Waals surface area contributed by atoms with E-state index in [0.717, 1.165) is 16.5 Å². The molecule has 0 aromatic carbocycles. The summed E-state index contributed by atoms with van der Waals surface area (Å²) in [5, 5.41) is 0. The van der Waals surface area contributed by atoms with Gasteiger partial charge in [-0.25, -0.2) is 4.58 Å². The highest BCUT2D eigenvalue weighted by Crippen LogP contribution is 2.28. The molecular formula is C13H24NS2+. The first-order valence-corrected chi connectivity index (χ1v) is 7.71. The van der Waals surface area contributed by atoms with E-state index in [0.29, 0.717) is 0 Å². The Kier molecular flexibility index (Phi) is 5.08. The van der Waals surface area contributed by atoms with Gasteiger partial charge >= 0.3 is 0 Å². The van der Waals surface area contributed by atoms with Gasteiger partial charge < -0.3 is 0 Å². The highest BCUT2D eigenvalue weighted by molar-refractivity contribution is 8.23. The normalized spacial score (nSPS) is 24.4. The lowest BCUT2D eigenvalue weighted by molar-refractivity contribution is -0.603. The second-order valence-electron chi connectivity index (χ2n) is 5.29. The molecule has 0 radical (unpaired) electrons. The molecular weight excluding hydrogens is 234 g/mol. The third kappa shape index (κ3) is 3.19. The van der Waals surface area contributed by atoms with Crippen LogP contribution in [0.15, 0.2) is 0 Å². The second-order valence-corrected chi connectivity index (χ2v) is 6.49. The van der Waals surface area contributed by atoms with E-state index in [-0.39, 0.29) is 0 Å². The number of thiol groups is 2. The van der Waals surface area contributed by atoms with E-state index in [2.05, 4.69) is 29.8 Å². The molecule has 16 heavy (non-hydrogen) atoms. The number of hydrogen-bond donors (Lipinski definition) is 2. The quantitative estimate of drug-likeness (QED) is 0.320. The highest BCUT2D eigenvalue weighted by Gasteiger charge is 2.32. The average Bonchev–Trinajstić information content (AvgIpc) is 2.31. The zero-order chi connectivity index (χ0) is 11.4. The lowest BCUT2D eigenvalue weighted by Crippen LogP contribution is -2.39. The Morgan fingerprint density at radius 3 is 1.38 bits per heavy atom. The lowest BCUT2D eigenvalue weighted by atomic mass is 9.90. The van der Waals surface area contributed by atoms with E-state index >= 15 is 0 Å². The third-order valence-electron chi connectivity index (χ3n) is 4.17. The summed E-state index contributed by atoms with van der Waals surface area (Å²) in [7, 11) is 0. The Morgan fingerprint density at radius 1 is 0.688 bits per heavy atom. The molecule has 2 rings (SSSR count). The fraction of sp³-hybridized carbons (Fsp3) is 0.923. The Balaban J connectivity index is 2.06. The summed E-state index contributed by atoms with van der Waals surface area (Å²) in [5.74, 6) is 0. The summed E-state index contributed by atoms with van der Waals surface area (Å²) in [6, 6.07) is 1.45. The maximum atomic E-state index is 4.52. The lowest BCUT2D eigenvalue weighted by Gasteiger charge is -2.28. The van der Waals surface area contributed by atoms with Gasteiger partial charge in [-0.3, -0.25) is 0 Å². The third-order valence-corrected chi connectivity index (χ3v) is 4.63. The maximum absolute atomic E-state index is 4.52. The molecule has 2 aliphatic rings. The number of nitrogens with zero attached hydrogens (tertiary/aromatic N) is 1. The Labute approximate surface area is 111 Å². The molecule has 2 fully saturated rings. The van der Waals surface area contributed by atoms with E-state index in [4.69, 9.17) is 0 Å². The van der Waals surface area contributed by atoms with Crippen molar-refractivity contribution in [2.45, 2.75) is 76.3 Å². The van der Waals surface area contributed by atoms with E-state index in [1.54, 1.807) is 0 Å². The van der Waals surface area contributed by atoms with Gasteiger partial charge in [0.1, 0.15) is 0 Å². The molecule has 1 nitrogen and oxygen atoms in total. The highest BCUT2D eigenvalue weighted by atomic mass is 32.2. The first-order valence-electron chi connectivity index (χ1n) is 6.82. The summed E-state index contributed by atoms with van der Waals surface area (Å²) >= 11 is 9.04. The molecule has 2 saturated carbocycles. The van der Waals surface area contributed by atoms with Gasteiger partial charge in [0, 0.05) is 25.7 Å². The monoisotopic (exact) mass is 258 g/mol. The van der Waals surface area contributed by atoms with Crippen molar-refractivity contribution in [2.24, 2.45) is 0 Å². The van der Waals surface area contributed by atoms with Crippen LogP contribution in [0.4, 0.5) is 0 Å². The van der Waals surface area contributed by atoms with Gasteiger partial charge in [-0.2, -0.15) is 0 Å². The predicted molar refractivity (Wildman–Crippen MR) is 77.0 cm³/mol. The zero-order valence-electron chi connectivity index (χ0n) is 10.1. The Hall–Kier alpha value is 0.370. The van der Waals surface area contributed by atoms with Crippen LogP contribution >= 0.6 is 25.3 Å². The smallest absolute Gasteiger partial charge is 0.214 e. The molecule has 0 atom stereocenters. The second kappa shape index (κ2) is 6.34. The summed E-state index contributed by atoms with van der Waals surface area (Å²) in [4.78, 5) is 0. The van der Waals surface area contributed by atoms with Gasteiger partial charge in [0.2, 0.25) is 0 Å². The largest absolute Gasteiger partial charge is 0.264 e. The standard InChI is InChI=1S/C13H23NS2/c15-13(16)14(11-7-3-1-4-8-11)12-9-5-2-6-10-12/h11-12H,1-10H2,(H,15,16)/p+1. The molecule has 0 bridgehead atoms. The fourth-order valence-electron chi connectivity index (χ4n) is 3.34. The van der Waals surface area contributed by atoms with E-state index in [1.165, 1.54) is 64.2 Å². The Morgan fingerprint density at radius 2 is 1.06 bits per heavy atom. The van der Waals surface area contributed by atoms with Crippen LogP contribution in [0.25, 0.3) is 0 Å². The number of hydrogen-bond acceptors (Lipinski definition) is 0. The summed E-state index contributed by atoms with van der Waals surface area (Å²) in [6.45, 7) is 0. The minimum absolute atomic E-state index is 0.724. The SMILES string of the molecule is SC(S)=[N+](C1CCCCC1)C1CCCCC1. The van der Waals surface area contributed by atoms with E-state index in [9.17, 15) is 0 Å². The van der Waals surface area contributed by atoms with E-state index in [1.807, 2.05) is 0 Å². The van der Waals surface area contributed by atoms with Gasteiger partial charge in [-0.05, 0) is 25.7 Å². The van der Waals surface area contributed by atoms with Gasteiger partial charge in [0.25, 0.3) is 4.38 Å². The summed E-state index contributed by atoms with van der Waals surface area (Å²) in [6.07, 6.45) is 13.8. The Bertz CT molecular complexity index is 227. The van der Waals surface area contributed by atoms with Crippen LogP contribution < -0.4 is 0 Å². The first-order chi connectivity index (χ1) is 7.79. The van der Waals surface area contributed by atoms with Crippen molar-refractivity contribution in [2.75, 3.05) is 0 Å². The average molecular weight is 258 g/mol. The van der Waals surface area contributed by atoms with Crippen molar-refractivity contribution < 1.29 is 4.58 Å². The molecule has 92 valence electrons. The van der Waals surface area contributed by atoms with Crippen molar-refractivity contribution in [1.29, 1.82) is 0 Å². The molecule has 0 heterocycles. The maximum Gasteiger partial charge on any atom is 0.264 e. The van der Waals surface area contributed by atoms with Crippen LogP contribution in [0.2, 0.25) is 0 Å². The summed E-state index contributed by atoms with van der Waals surface area (Å²) < 4.78 is 3.49. The molecule has 2 aliphatic carbocycles. The molecule has 0 saturated heterocycles. The van der Waals surface area contributed by atoms with Crippen molar-refractivity contribution in [3.05, 3.63) is 0 Å². The molecule has 3 heteroatoms. The van der Waals surface area contributed by atoms with Crippen molar-refractivity contribution in [3.8, 4) is 0 Å². The predicted octanol–water partition coefficient (Wildman–Crippen LogP) is 3.88. The molecule has 0 N–H and O–H groups in total. The molecule has 0 aromatic rings. The molecule has 0 aromatic heterocycles. The van der Waals surface area contributed by atoms with Crippen molar-refractivity contribution in [1.82, 2.24) is 0 Å². The molecule has 0 unspecified atom stereocenters. The van der Waals surface area contributed by atoms with Crippen LogP contribution in [0.3, 0.4) is 0 Å². The van der Waals surface area contributed by atoms with Gasteiger partial charge in [-0.15, -0.1) is 0 Å². The van der Waals surface area contributed by atoms with E-state index < -0.39 is 0 Å². The van der Waals surface area contributed by atoms with Crippen molar-refractivity contribution >= 4 is 29.6 Å². The van der Waals surface area contributed by atoms with Gasteiger partial charge in [0.15, 0.2) is 12.1 Å². The summed E-state index contributed by atoms with van der Waals surface area (Å²) in [5.41, 5.74) is 0. The first kappa shape index (κ1) is 12.8. The van der Waals surface area contributed by atoms with Crippen LogP contribution in [0.1, 0.15) is 64.2 Å². The number of rotatable bonds is 2. The van der Waals surface area contributed by atoms with Gasteiger partial charge in [-0.1, -0.05) is 38.1 Å². The van der Waals surface area contributed by atoms with Crippen LogP contribution in [-0.4, -0.2) is 21.0 Å². The zero-order valence-corrected chi connectivity index (χ0v) is 11.9. The minimum Gasteiger partial charge on any atom is -0.214 e. The van der Waals surface area contributed by atoms with Crippen molar-refractivity contribution in [3.63, 3.8) is 0 Å². The minimum atomic E-state index is 0.724. The molecule has 0 spiro atoms. The van der Waals surface area contributed by atoms with Gasteiger partial charge in [0.05, 0.1) is 0 Å². The molecule has 0 aliphatic heterocycles. The van der Waals surface area contributed by atoms with Crippen LogP contribution in [0.5, 0.6) is 0 Å².